The minimum Gasteiger partial charge on any atom is -0.497 e. The van der Waals surface area contributed by atoms with Gasteiger partial charge in [-0.1, -0.05) is 24.2 Å². The van der Waals surface area contributed by atoms with Gasteiger partial charge < -0.3 is 19.5 Å². The van der Waals surface area contributed by atoms with E-state index in [9.17, 15) is 4.79 Å². The lowest BCUT2D eigenvalue weighted by molar-refractivity contribution is 0.182. The van der Waals surface area contributed by atoms with Crippen molar-refractivity contribution < 1.29 is 14.1 Å². The number of nitrogens with zero attached hydrogens (tertiary/aromatic N) is 2. The summed E-state index contributed by atoms with van der Waals surface area (Å²) in [5.41, 5.74) is 1.93. The summed E-state index contributed by atoms with van der Waals surface area (Å²) in [6.45, 7) is 3.24. The highest BCUT2D eigenvalue weighted by Crippen LogP contribution is 2.32. The van der Waals surface area contributed by atoms with Crippen LogP contribution in [0.5, 0.6) is 5.75 Å². The van der Waals surface area contributed by atoms with Gasteiger partial charge in [0, 0.05) is 19.2 Å². The van der Waals surface area contributed by atoms with Crippen LogP contribution in [0.1, 0.15) is 42.8 Å². The molecule has 0 saturated carbocycles. The molecule has 0 unspecified atom stereocenters. The molecule has 2 amide bonds. The Morgan fingerprint density at radius 3 is 3.08 bits per heavy atom. The first-order valence-electron chi connectivity index (χ1n) is 8.34. The van der Waals surface area contributed by atoms with Gasteiger partial charge in [-0.25, -0.2) is 4.79 Å². The number of hydrogen-bond acceptors (Lipinski definition) is 4. The molecule has 3 rings (SSSR count). The Hall–Kier alpha value is -2.50. The van der Waals surface area contributed by atoms with E-state index in [1.165, 1.54) is 0 Å². The van der Waals surface area contributed by atoms with Gasteiger partial charge in [-0.3, -0.25) is 0 Å². The van der Waals surface area contributed by atoms with E-state index in [4.69, 9.17) is 9.26 Å². The molecule has 1 aromatic carbocycles. The molecule has 1 N–H and O–H groups in total. The smallest absolute Gasteiger partial charge is 0.318 e. The number of hydrogen-bond donors (Lipinski definition) is 1. The Labute approximate surface area is 141 Å². The van der Waals surface area contributed by atoms with Crippen LogP contribution in [0.4, 0.5) is 4.79 Å². The van der Waals surface area contributed by atoms with Crippen molar-refractivity contribution in [2.24, 2.45) is 0 Å². The van der Waals surface area contributed by atoms with Crippen molar-refractivity contribution in [2.75, 3.05) is 13.7 Å². The summed E-state index contributed by atoms with van der Waals surface area (Å²) in [7, 11) is 1.63. The summed E-state index contributed by atoms with van der Waals surface area (Å²) in [6, 6.07) is 9.55. The maximum Gasteiger partial charge on any atom is 0.318 e. The number of ether oxygens (including phenoxy) is 1. The van der Waals surface area contributed by atoms with Crippen LogP contribution in [-0.4, -0.2) is 29.7 Å². The van der Waals surface area contributed by atoms with Crippen molar-refractivity contribution >= 4 is 6.03 Å². The average Bonchev–Trinajstić information content (AvgIpc) is 3.28. The number of nitrogens with one attached hydrogen (secondary N) is 1. The van der Waals surface area contributed by atoms with E-state index in [2.05, 4.69) is 10.5 Å². The Morgan fingerprint density at radius 1 is 1.46 bits per heavy atom. The second kappa shape index (κ2) is 7.38. The summed E-state index contributed by atoms with van der Waals surface area (Å²) in [4.78, 5) is 14.4. The fourth-order valence-electron chi connectivity index (χ4n) is 3.02. The second-order valence-electron chi connectivity index (χ2n) is 5.94. The van der Waals surface area contributed by atoms with Crippen LogP contribution >= 0.6 is 0 Å². The van der Waals surface area contributed by atoms with Gasteiger partial charge in [0.25, 0.3) is 0 Å². The van der Waals surface area contributed by atoms with E-state index < -0.39 is 0 Å². The van der Waals surface area contributed by atoms with E-state index in [0.717, 1.165) is 48.6 Å². The van der Waals surface area contributed by atoms with Crippen LogP contribution in [0.15, 0.2) is 34.9 Å². The van der Waals surface area contributed by atoms with Crippen LogP contribution in [0.2, 0.25) is 0 Å². The quantitative estimate of drug-likeness (QED) is 0.914. The number of rotatable bonds is 5. The molecule has 6 nitrogen and oxygen atoms in total. The number of likely N-dealkylation sites (tertiary alicyclic amines) is 1. The zero-order valence-electron chi connectivity index (χ0n) is 14.1. The molecule has 1 saturated heterocycles. The number of carbonyl (C=O) groups excluding carboxylic acids is 1. The van der Waals surface area contributed by atoms with Crippen molar-refractivity contribution in [1.82, 2.24) is 15.4 Å². The monoisotopic (exact) mass is 329 g/mol. The third-order valence-corrected chi connectivity index (χ3v) is 4.36. The SMILES string of the molecule is CCc1cc([C@@H]2CCCN2C(=O)NCc2cccc(OC)c2)on1. The van der Waals surface area contributed by atoms with Gasteiger partial charge in [0.1, 0.15) is 5.75 Å². The zero-order chi connectivity index (χ0) is 16.9. The first-order chi connectivity index (χ1) is 11.7. The normalized spacial score (nSPS) is 17.1. The van der Waals surface area contributed by atoms with Crippen molar-refractivity contribution in [2.45, 2.75) is 38.8 Å². The lowest BCUT2D eigenvalue weighted by atomic mass is 10.1. The topological polar surface area (TPSA) is 67.6 Å². The van der Waals surface area contributed by atoms with Gasteiger partial charge in [-0.2, -0.15) is 0 Å². The van der Waals surface area contributed by atoms with Gasteiger partial charge in [-0.05, 0) is 37.0 Å². The van der Waals surface area contributed by atoms with Crippen molar-refractivity contribution in [1.29, 1.82) is 0 Å². The lowest BCUT2D eigenvalue weighted by Crippen LogP contribution is -2.39. The number of aryl methyl sites for hydroxylation is 1. The fourth-order valence-corrected chi connectivity index (χ4v) is 3.02. The molecular weight excluding hydrogens is 306 g/mol. The van der Waals surface area contributed by atoms with E-state index in [0.29, 0.717) is 6.54 Å². The number of benzene rings is 1. The molecule has 6 heteroatoms. The number of amides is 2. The Bertz CT molecular complexity index is 698. The van der Waals surface area contributed by atoms with Gasteiger partial charge in [0.2, 0.25) is 0 Å². The van der Waals surface area contributed by atoms with Crippen molar-refractivity contribution in [3.63, 3.8) is 0 Å². The number of aromatic nitrogens is 1. The molecular formula is C18H23N3O3. The maximum absolute atomic E-state index is 12.6. The Balaban J connectivity index is 1.63. The van der Waals surface area contributed by atoms with Crippen LogP contribution < -0.4 is 10.1 Å². The molecule has 24 heavy (non-hydrogen) atoms. The molecule has 0 bridgehead atoms. The van der Waals surface area contributed by atoms with Crippen molar-refractivity contribution in [3.8, 4) is 5.75 Å². The van der Waals surface area contributed by atoms with Crippen molar-refractivity contribution in [3.05, 3.63) is 47.3 Å². The lowest BCUT2D eigenvalue weighted by Gasteiger charge is -2.23. The summed E-state index contributed by atoms with van der Waals surface area (Å²) in [5, 5.41) is 7.02. The van der Waals surface area contributed by atoms with Crippen LogP contribution in [0.25, 0.3) is 0 Å². The zero-order valence-corrected chi connectivity index (χ0v) is 14.1. The summed E-state index contributed by atoms with van der Waals surface area (Å²) in [6.07, 6.45) is 2.71. The first-order valence-corrected chi connectivity index (χ1v) is 8.34. The molecule has 1 atom stereocenters. The van der Waals surface area contributed by atoms with E-state index in [1.807, 2.05) is 42.2 Å². The molecule has 128 valence electrons. The molecule has 2 heterocycles. The molecule has 1 fully saturated rings. The standard InChI is InChI=1S/C18H23N3O3/c1-3-14-11-17(24-20-14)16-8-5-9-21(16)18(22)19-12-13-6-4-7-15(10-13)23-2/h4,6-7,10-11,16H,3,5,8-9,12H2,1-2H3,(H,19,22)/t16-/m0/s1. The number of urea groups is 1. The molecule has 0 radical (unpaired) electrons. The Morgan fingerprint density at radius 2 is 2.33 bits per heavy atom. The molecule has 1 aliphatic rings. The van der Waals surface area contributed by atoms with Gasteiger partial charge in [0.05, 0.1) is 18.8 Å². The van der Waals surface area contributed by atoms with E-state index in [1.54, 1.807) is 7.11 Å². The average molecular weight is 329 g/mol. The van der Waals surface area contributed by atoms with Crippen LogP contribution in [0.3, 0.4) is 0 Å². The molecule has 1 aromatic heterocycles. The highest BCUT2D eigenvalue weighted by atomic mass is 16.5. The van der Waals surface area contributed by atoms with E-state index >= 15 is 0 Å². The molecule has 2 aromatic rings. The minimum absolute atomic E-state index is 0.0249. The molecule has 0 aliphatic carbocycles. The number of methoxy groups -OCH3 is 1. The van der Waals surface area contributed by atoms with Gasteiger partial charge >= 0.3 is 6.03 Å². The summed E-state index contributed by atoms with van der Waals surface area (Å²) in [5.74, 6) is 1.57. The van der Waals surface area contributed by atoms with Crippen LogP contribution in [-0.2, 0) is 13.0 Å². The van der Waals surface area contributed by atoms with E-state index in [-0.39, 0.29) is 12.1 Å². The molecule has 1 aliphatic heterocycles. The summed E-state index contributed by atoms with van der Waals surface area (Å²) < 4.78 is 10.6. The number of carbonyl (C=O) groups is 1. The Kier molecular flexibility index (Phi) is 5.03. The predicted molar refractivity (Wildman–Crippen MR) is 89.8 cm³/mol. The highest BCUT2D eigenvalue weighted by Gasteiger charge is 2.32. The summed E-state index contributed by atoms with van der Waals surface area (Å²) >= 11 is 0. The predicted octanol–water partition coefficient (Wildman–Crippen LogP) is 3.29. The minimum atomic E-state index is -0.0743. The fraction of sp³-hybridized carbons (Fsp3) is 0.444. The largest absolute Gasteiger partial charge is 0.497 e. The highest BCUT2D eigenvalue weighted by molar-refractivity contribution is 5.75. The van der Waals surface area contributed by atoms with Gasteiger partial charge in [0.15, 0.2) is 5.76 Å². The van der Waals surface area contributed by atoms with Gasteiger partial charge in [-0.15, -0.1) is 0 Å². The maximum atomic E-state index is 12.6. The second-order valence-corrected chi connectivity index (χ2v) is 5.94. The molecule has 0 spiro atoms. The third kappa shape index (κ3) is 3.53. The first kappa shape index (κ1) is 16.4. The third-order valence-electron chi connectivity index (χ3n) is 4.36. The van der Waals surface area contributed by atoms with Crippen LogP contribution in [0, 0.1) is 0 Å².